The van der Waals surface area contributed by atoms with Gasteiger partial charge in [0.05, 0.1) is 18.4 Å². The van der Waals surface area contributed by atoms with E-state index in [1.165, 1.54) is 43.5 Å². The van der Waals surface area contributed by atoms with Crippen LogP contribution >= 0.6 is 0 Å². The molecule has 0 saturated heterocycles. The smallest absolute Gasteiger partial charge is 0.347 e. The van der Waals surface area contributed by atoms with Crippen molar-refractivity contribution in [2.75, 3.05) is 12.8 Å². The topological polar surface area (TPSA) is 189 Å². The molecule has 2 aromatic heterocycles. The highest BCUT2D eigenvalue weighted by molar-refractivity contribution is 5.94. The van der Waals surface area contributed by atoms with E-state index in [1.54, 1.807) is 60.7 Å². The van der Waals surface area contributed by atoms with Gasteiger partial charge in [-0.25, -0.2) is 23.9 Å². The fourth-order valence-electron chi connectivity index (χ4n) is 5.22. The Kier molecular flexibility index (Phi) is 10.3. The first-order valence-electron chi connectivity index (χ1n) is 15.7. The van der Waals surface area contributed by atoms with E-state index in [4.69, 9.17) is 19.6 Å². The van der Waals surface area contributed by atoms with Crippen LogP contribution in [0.5, 0.6) is 0 Å². The minimum atomic E-state index is -1.64. The minimum absolute atomic E-state index is 0.0850. The molecule has 4 aromatic carbocycles. The van der Waals surface area contributed by atoms with E-state index in [-0.39, 0.29) is 40.7 Å². The van der Waals surface area contributed by atoms with Crippen LogP contribution in [-0.4, -0.2) is 44.6 Å². The highest BCUT2D eigenvalue weighted by atomic mass is 19.1. The van der Waals surface area contributed by atoms with Crippen LogP contribution < -0.4 is 16.6 Å². The highest BCUT2D eigenvalue weighted by Gasteiger charge is 2.27. The first kappa shape index (κ1) is 34.9. The molecule has 1 atom stereocenters. The monoisotopic (exact) mass is 703 g/mol. The average molecular weight is 704 g/mol. The number of ether oxygens (including phenoxy) is 2. The van der Waals surface area contributed by atoms with Crippen molar-refractivity contribution in [3.63, 3.8) is 0 Å². The number of amides is 1. The Morgan fingerprint density at radius 2 is 1.65 bits per heavy atom. The summed E-state index contributed by atoms with van der Waals surface area (Å²) in [5.74, 6) is -3.85. The first-order valence-corrected chi connectivity index (χ1v) is 15.7. The molecule has 0 spiro atoms. The Morgan fingerprint density at radius 3 is 2.35 bits per heavy atom. The summed E-state index contributed by atoms with van der Waals surface area (Å²) in [6.45, 7) is -0.892. The number of aromatic nitrogens is 3. The molecule has 14 heteroatoms. The van der Waals surface area contributed by atoms with Gasteiger partial charge in [0.25, 0.3) is 5.56 Å². The van der Waals surface area contributed by atoms with Crippen molar-refractivity contribution in [3.8, 4) is 11.4 Å². The third-order valence-electron chi connectivity index (χ3n) is 7.78. The Labute approximate surface area is 294 Å². The second kappa shape index (κ2) is 15.3. The molecule has 13 nitrogen and oxygen atoms in total. The van der Waals surface area contributed by atoms with Gasteiger partial charge in [0.15, 0.2) is 17.3 Å². The number of rotatable bonds is 11. The Morgan fingerprint density at radius 1 is 0.962 bits per heavy atom. The molecule has 4 N–H and O–H groups in total. The van der Waals surface area contributed by atoms with Gasteiger partial charge in [0, 0.05) is 5.56 Å². The number of halogens is 1. The first-order chi connectivity index (χ1) is 25.1. The molecular weight excluding hydrogens is 673 g/mol. The zero-order valence-electron chi connectivity index (χ0n) is 27.5. The zero-order valence-corrected chi connectivity index (χ0v) is 27.5. The summed E-state index contributed by atoms with van der Waals surface area (Å²) in [5.41, 5.74) is 6.59. The highest BCUT2D eigenvalue weighted by Crippen LogP contribution is 2.27. The molecule has 0 aliphatic carbocycles. The van der Waals surface area contributed by atoms with E-state index < -0.39 is 53.3 Å². The normalized spacial score (nSPS) is 11.9. The summed E-state index contributed by atoms with van der Waals surface area (Å²) in [5, 5.41) is 14.1. The number of nitrogens with zero attached hydrogens (tertiary/aromatic N) is 3. The molecule has 0 fully saturated rings. The van der Waals surface area contributed by atoms with Crippen molar-refractivity contribution in [2.24, 2.45) is 0 Å². The van der Waals surface area contributed by atoms with Crippen molar-refractivity contribution < 1.29 is 37.8 Å². The largest absolute Gasteiger partial charge is 0.465 e. The number of nitrogens with two attached hydrogens (primary N) is 1. The van der Waals surface area contributed by atoms with E-state index in [0.717, 1.165) is 16.7 Å². The number of carbonyl (C=O) groups is 3. The van der Waals surface area contributed by atoms with E-state index in [2.05, 4.69) is 15.3 Å². The number of nitrogens with one attached hydrogen (secondary N) is 1. The Hall–Kier alpha value is -6.93. The lowest BCUT2D eigenvalue weighted by atomic mass is 10.1. The molecule has 0 radical (unpaired) electrons. The maximum atomic E-state index is 13.9. The quantitative estimate of drug-likeness (QED) is 0.157. The lowest BCUT2D eigenvalue weighted by molar-refractivity contribution is -0.121. The molecule has 2 heterocycles. The summed E-state index contributed by atoms with van der Waals surface area (Å²) < 4.78 is 30.6. The molecule has 6 rings (SSSR count). The van der Waals surface area contributed by atoms with Gasteiger partial charge >= 0.3 is 11.9 Å². The minimum Gasteiger partial charge on any atom is -0.465 e. The van der Waals surface area contributed by atoms with Crippen LogP contribution in [0.3, 0.4) is 0 Å². The number of methoxy groups -OCH3 is 1. The van der Waals surface area contributed by atoms with Crippen molar-refractivity contribution in [2.45, 2.75) is 19.3 Å². The van der Waals surface area contributed by atoms with Gasteiger partial charge in [-0.2, -0.15) is 0 Å². The van der Waals surface area contributed by atoms with E-state index in [1.807, 2.05) is 0 Å². The summed E-state index contributed by atoms with van der Waals surface area (Å²) >= 11 is 0. The van der Waals surface area contributed by atoms with Crippen LogP contribution in [0.15, 0.2) is 118 Å². The van der Waals surface area contributed by atoms with E-state index >= 15 is 0 Å². The van der Waals surface area contributed by atoms with Crippen LogP contribution in [0.4, 0.5) is 10.2 Å². The predicted octanol–water partition coefficient (Wildman–Crippen LogP) is 4.81. The fourth-order valence-corrected chi connectivity index (χ4v) is 5.22. The van der Waals surface area contributed by atoms with Crippen molar-refractivity contribution >= 4 is 40.8 Å². The van der Waals surface area contributed by atoms with Crippen LogP contribution in [0.25, 0.3) is 28.6 Å². The summed E-state index contributed by atoms with van der Waals surface area (Å²) in [4.78, 5) is 61.5. The summed E-state index contributed by atoms with van der Waals surface area (Å²) in [7, 11) is 1.24. The van der Waals surface area contributed by atoms with Gasteiger partial charge < -0.3 is 30.0 Å². The van der Waals surface area contributed by atoms with Crippen molar-refractivity contribution in [1.82, 2.24) is 19.9 Å². The number of oxazole rings is 1. The summed E-state index contributed by atoms with van der Waals surface area (Å²) in [6.07, 6.45) is -0.159. The third kappa shape index (κ3) is 7.77. The Balaban J connectivity index is 1.35. The fraction of sp³-hybridized carbons (Fsp3) is 0.105. The van der Waals surface area contributed by atoms with Crippen molar-refractivity contribution in [3.05, 3.63) is 153 Å². The van der Waals surface area contributed by atoms with Crippen LogP contribution in [0.1, 0.15) is 43.8 Å². The third-order valence-corrected chi connectivity index (χ3v) is 7.78. The molecule has 262 valence electrons. The number of aliphatic hydroxyl groups excluding tert-OH is 1. The van der Waals surface area contributed by atoms with Crippen LogP contribution in [0.2, 0.25) is 0 Å². The number of benzene rings is 4. The standard InChI is InChI=1S/C38H30FN5O8/c1-50-37(48)25-14-17-27-29(19-25)52-35(42-27)32(46)28(18-22-8-4-2-5-9-22)41-30(45)20-44-34(24-12-15-26(39)16-13-24)43-33(40)31(36(44)47)38(49)51-21-23-10-6-3-7-11-23/h2-19,32,46H,20-21,40H2,1H3,(H,41,45). The molecule has 0 bridgehead atoms. The molecule has 6 aromatic rings. The number of hydrogen-bond acceptors (Lipinski definition) is 11. The second-order valence-corrected chi connectivity index (χ2v) is 11.3. The number of carbonyl (C=O) groups excluding carboxylic acids is 3. The molecule has 0 aliphatic rings. The lowest BCUT2D eigenvalue weighted by Crippen LogP contribution is -2.37. The van der Waals surface area contributed by atoms with Gasteiger partial charge in [-0.05, 0) is 59.7 Å². The summed E-state index contributed by atoms with van der Waals surface area (Å²) in [6, 6.07) is 26.8. The SMILES string of the molecule is COC(=O)c1ccc2nc(C(O)C(=Cc3ccccc3)NC(=O)Cn3c(-c4ccc(F)cc4)nc(N)c(C(=O)OCc4ccccc4)c3=O)oc2c1. The number of esters is 2. The lowest BCUT2D eigenvalue weighted by Gasteiger charge is -2.17. The number of nitrogen functional groups attached to an aromatic ring is 1. The van der Waals surface area contributed by atoms with Gasteiger partial charge in [0.1, 0.15) is 36.1 Å². The van der Waals surface area contributed by atoms with E-state index in [9.17, 15) is 28.7 Å². The van der Waals surface area contributed by atoms with Gasteiger partial charge in [-0.3, -0.25) is 14.2 Å². The maximum Gasteiger partial charge on any atom is 0.347 e. The molecular formula is C38H30FN5O8. The van der Waals surface area contributed by atoms with Crippen LogP contribution in [0, 0.1) is 5.82 Å². The number of hydrogen-bond donors (Lipinski definition) is 3. The molecule has 1 amide bonds. The van der Waals surface area contributed by atoms with E-state index in [0.29, 0.717) is 16.6 Å². The molecule has 1 unspecified atom stereocenters. The van der Waals surface area contributed by atoms with Crippen molar-refractivity contribution in [1.29, 1.82) is 0 Å². The molecule has 0 saturated carbocycles. The average Bonchev–Trinajstić information content (AvgIpc) is 3.59. The Bertz CT molecular complexity index is 2360. The number of aliphatic hydroxyl groups is 1. The molecule has 52 heavy (non-hydrogen) atoms. The predicted molar refractivity (Wildman–Crippen MR) is 187 cm³/mol. The zero-order chi connectivity index (χ0) is 36.8. The van der Waals surface area contributed by atoms with Crippen LogP contribution in [-0.2, 0) is 27.4 Å². The number of anilines is 1. The molecule has 0 aliphatic heterocycles. The number of fused-ring (bicyclic) bond motifs is 1. The van der Waals surface area contributed by atoms with Gasteiger partial charge in [-0.1, -0.05) is 60.7 Å². The maximum absolute atomic E-state index is 13.9. The second-order valence-electron chi connectivity index (χ2n) is 11.3. The van der Waals surface area contributed by atoms with Gasteiger partial charge in [-0.15, -0.1) is 0 Å². The van der Waals surface area contributed by atoms with Gasteiger partial charge in [0.2, 0.25) is 11.8 Å².